The van der Waals surface area contributed by atoms with E-state index in [1.54, 1.807) is 60.8 Å². The van der Waals surface area contributed by atoms with Gasteiger partial charge in [0.1, 0.15) is 48.0 Å². The topological polar surface area (TPSA) is 378 Å². The van der Waals surface area contributed by atoms with Crippen LogP contribution in [0.5, 0.6) is 5.75 Å². The van der Waals surface area contributed by atoms with Crippen molar-refractivity contribution in [3.63, 3.8) is 0 Å². The normalized spacial score (nSPS) is 15.2. The van der Waals surface area contributed by atoms with E-state index in [2.05, 4.69) is 36.9 Å². The molecule has 66 heavy (non-hydrogen) atoms. The Morgan fingerprint density at radius 2 is 1.05 bits per heavy atom. The van der Waals surface area contributed by atoms with Crippen LogP contribution in [0.25, 0.3) is 10.9 Å². The zero-order valence-electron chi connectivity index (χ0n) is 36.0. The second-order valence-corrected chi connectivity index (χ2v) is 15.6. The molecule has 0 radical (unpaired) electrons. The number of aliphatic hydroxyl groups is 3. The molecule has 4 aromatic rings. The minimum absolute atomic E-state index is 0.0957. The molecule has 9 atom stereocenters. The van der Waals surface area contributed by atoms with Crippen molar-refractivity contribution in [3.8, 4) is 5.75 Å². The molecule has 0 aliphatic carbocycles. The largest absolute Gasteiger partial charge is 0.508 e. The summed E-state index contributed by atoms with van der Waals surface area (Å²) >= 11 is 0. The number of carbonyl (C=O) groups excluding carboxylic acids is 7. The maximum absolute atomic E-state index is 14.4. The van der Waals surface area contributed by atoms with Crippen molar-refractivity contribution >= 4 is 58.2 Å². The Kier molecular flexibility index (Phi) is 18.7. The lowest BCUT2D eigenvalue weighted by Gasteiger charge is -2.29. The number of nitrogens with one attached hydrogen (secondary N) is 7. The molecule has 0 aliphatic rings. The molecule has 0 saturated carbocycles. The van der Waals surface area contributed by atoms with Crippen molar-refractivity contribution in [1.29, 1.82) is 0 Å². The van der Waals surface area contributed by atoms with Crippen molar-refractivity contribution < 1.29 is 63.9 Å². The van der Waals surface area contributed by atoms with Crippen molar-refractivity contribution in [1.82, 2.24) is 36.9 Å². The van der Waals surface area contributed by atoms with Crippen LogP contribution in [-0.4, -0.2) is 139 Å². The number of amides is 7. The molecular formula is C44H55N9O13. The van der Waals surface area contributed by atoms with Crippen LogP contribution in [0, 0.1) is 0 Å². The molecule has 1 aromatic heterocycles. The van der Waals surface area contributed by atoms with Crippen molar-refractivity contribution in [2.24, 2.45) is 11.5 Å². The third-order valence-electron chi connectivity index (χ3n) is 10.3. The SMILES string of the molecule is C[C@@H](O)[C@H](NC(=O)[C@H](Cc1c[nH]c2ccccc12)NC(=O)[C@H](Cc1ccc(O)cc1)NC(=O)[C@@H](NC(=O)[C@H](Cc1ccccc1)NC(=O)[C@@H](N)CO)[C@@H](C)O)C(=O)N[C@@H](CC(N)=O)C(=O)O. The number of hydrogen-bond donors (Lipinski definition) is 14. The summed E-state index contributed by atoms with van der Waals surface area (Å²) in [5.41, 5.74) is 13.0. The fourth-order valence-electron chi connectivity index (χ4n) is 6.74. The third-order valence-corrected chi connectivity index (χ3v) is 10.3. The molecule has 0 saturated heterocycles. The number of aromatic amines is 1. The first-order chi connectivity index (χ1) is 31.3. The molecule has 0 spiro atoms. The number of phenols is 1. The van der Waals surface area contributed by atoms with E-state index in [4.69, 9.17) is 11.5 Å². The van der Waals surface area contributed by atoms with Crippen LogP contribution in [0.15, 0.2) is 85.1 Å². The van der Waals surface area contributed by atoms with Crippen LogP contribution >= 0.6 is 0 Å². The van der Waals surface area contributed by atoms with E-state index < -0.39 is 115 Å². The van der Waals surface area contributed by atoms with E-state index in [1.807, 2.05) is 0 Å². The highest BCUT2D eigenvalue weighted by Crippen LogP contribution is 2.20. The van der Waals surface area contributed by atoms with Gasteiger partial charge in [0.15, 0.2) is 0 Å². The van der Waals surface area contributed by atoms with E-state index in [0.717, 1.165) is 6.92 Å². The quantitative estimate of drug-likeness (QED) is 0.0330. The molecule has 0 unspecified atom stereocenters. The van der Waals surface area contributed by atoms with Crippen LogP contribution in [0.1, 0.15) is 37.0 Å². The fraction of sp³-hybridized carbons (Fsp3) is 0.364. The molecule has 1 heterocycles. The average molecular weight is 918 g/mol. The highest BCUT2D eigenvalue weighted by Gasteiger charge is 2.36. The fourth-order valence-corrected chi connectivity index (χ4v) is 6.74. The molecule has 3 aromatic carbocycles. The molecule has 0 fully saturated rings. The average Bonchev–Trinajstić information content (AvgIpc) is 3.68. The summed E-state index contributed by atoms with van der Waals surface area (Å²) in [6, 6.07) is 9.70. The molecule has 22 heteroatoms. The van der Waals surface area contributed by atoms with Gasteiger partial charge in [-0.25, -0.2) is 4.79 Å². The molecule has 22 nitrogen and oxygen atoms in total. The summed E-state index contributed by atoms with van der Waals surface area (Å²) < 4.78 is 0. The summed E-state index contributed by atoms with van der Waals surface area (Å²) in [7, 11) is 0. The van der Waals surface area contributed by atoms with Gasteiger partial charge in [-0.3, -0.25) is 33.6 Å². The van der Waals surface area contributed by atoms with Crippen LogP contribution in [0.4, 0.5) is 0 Å². The molecule has 16 N–H and O–H groups in total. The van der Waals surface area contributed by atoms with Gasteiger partial charge in [0.25, 0.3) is 0 Å². The maximum atomic E-state index is 14.4. The number of carbonyl (C=O) groups is 8. The summed E-state index contributed by atoms with van der Waals surface area (Å²) in [6.45, 7) is 1.58. The van der Waals surface area contributed by atoms with E-state index in [-0.39, 0.29) is 25.0 Å². The maximum Gasteiger partial charge on any atom is 0.326 e. The van der Waals surface area contributed by atoms with E-state index in [0.29, 0.717) is 27.6 Å². The number of aliphatic hydroxyl groups excluding tert-OH is 3. The Hall–Kier alpha value is -7.40. The van der Waals surface area contributed by atoms with Crippen LogP contribution in [0.3, 0.4) is 0 Å². The number of aliphatic carboxylic acids is 1. The monoisotopic (exact) mass is 917 g/mol. The van der Waals surface area contributed by atoms with Gasteiger partial charge in [-0.05, 0) is 48.7 Å². The summed E-state index contributed by atoms with van der Waals surface area (Å²) in [6.07, 6.45) is -3.13. The van der Waals surface area contributed by atoms with E-state index in [1.165, 1.54) is 31.2 Å². The summed E-state index contributed by atoms with van der Waals surface area (Å²) in [4.78, 5) is 109. The van der Waals surface area contributed by atoms with Crippen LogP contribution in [0.2, 0.25) is 0 Å². The van der Waals surface area contributed by atoms with Gasteiger partial charge in [-0.2, -0.15) is 0 Å². The number of rotatable bonds is 24. The second-order valence-electron chi connectivity index (χ2n) is 15.6. The lowest BCUT2D eigenvalue weighted by molar-refractivity contribution is -0.144. The van der Waals surface area contributed by atoms with Crippen molar-refractivity contribution in [2.75, 3.05) is 6.61 Å². The molecule has 7 amide bonds. The smallest absolute Gasteiger partial charge is 0.326 e. The van der Waals surface area contributed by atoms with Gasteiger partial charge in [0.05, 0.1) is 25.2 Å². The molecule has 0 aliphatic heterocycles. The predicted octanol–water partition coefficient (Wildman–Crippen LogP) is -3.15. The highest BCUT2D eigenvalue weighted by molar-refractivity contribution is 5.98. The lowest BCUT2D eigenvalue weighted by atomic mass is 10.0. The van der Waals surface area contributed by atoms with Gasteiger partial charge < -0.3 is 73.9 Å². The lowest BCUT2D eigenvalue weighted by Crippen LogP contribution is -2.62. The number of para-hydroxylation sites is 1. The summed E-state index contributed by atoms with van der Waals surface area (Å²) in [5.74, 6) is -8.94. The Balaban J connectivity index is 1.67. The predicted molar refractivity (Wildman–Crippen MR) is 235 cm³/mol. The number of aromatic nitrogens is 1. The highest BCUT2D eigenvalue weighted by atomic mass is 16.4. The van der Waals surface area contributed by atoms with E-state index in [9.17, 15) is 63.9 Å². The number of fused-ring (bicyclic) bond motifs is 1. The Bertz CT molecular complexity index is 2340. The van der Waals surface area contributed by atoms with Crippen LogP contribution in [-0.2, 0) is 57.6 Å². The standard InChI is InChI=1S/C44H55N9O13/c1-22(55)36(52-40(61)32(48-38(59)29(45)21-54)16-24-8-4-3-5-9-24)42(63)50-31(17-25-12-14-27(57)15-13-25)39(60)49-33(18-26-20-47-30-11-7-6-10-28(26)30)41(62)53-37(23(2)56)43(64)51-34(44(65)66)19-35(46)58/h3-15,20,22-23,29,31-34,36-37,47,54-57H,16-19,21,45H2,1-2H3,(H2,46,58)(H,48,59)(H,49,60)(H,50,63)(H,51,64)(H,52,61)(H,53,62)(H,65,66)/t22-,23-,29+,31+,32+,33+,34+,36+,37+/m1/s1. The Morgan fingerprint density at radius 1 is 0.591 bits per heavy atom. The number of carboxylic acids is 1. The number of primary amides is 1. The Morgan fingerprint density at radius 3 is 1.56 bits per heavy atom. The molecule has 4 rings (SSSR count). The van der Waals surface area contributed by atoms with Gasteiger partial charge in [0.2, 0.25) is 41.4 Å². The number of aromatic hydroxyl groups is 1. The minimum atomic E-state index is -1.83. The number of benzene rings is 3. The zero-order valence-corrected chi connectivity index (χ0v) is 36.0. The van der Waals surface area contributed by atoms with Gasteiger partial charge in [0, 0.05) is 36.4 Å². The number of phenolic OH excluding ortho intramolecular Hbond substituents is 1. The van der Waals surface area contributed by atoms with Crippen LogP contribution < -0.4 is 43.4 Å². The van der Waals surface area contributed by atoms with Crippen molar-refractivity contribution in [3.05, 3.63) is 102 Å². The minimum Gasteiger partial charge on any atom is -0.508 e. The van der Waals surface area contributed by atoms with E-state index >= 15 is 0 Å². The first-order valence-electron chi connectivity index (χ1n) is 20.7. The third kappa shape index (κ3) is 14.8. The van der Waals surface area contributed by atoms with Crippen molar-refractivity contribution in [2.45, 2.75) is 94.0 Å². The first-order valence-corrected chi connectivity index (χ1v) is 20.7. The van der Waals surface area contributed by atoms with Gasteiger partial charge in [-0.15, -0.1) is 0 Å². The molecular weight excluding hydrogens is 863 g/mol. The molecule has 354 valence electrons. The van der Waals surface area contributed by atoms with Gasteiger partial charge in [-0.1, -0.05) is 60.7 Å². The first kappa shape index (κ1) is 51.2. The van der Waals surface area contributed by atoms with Gasteiger partial charge >= 0.3 is 5.97 Å². The Labute approximate surface area is 377 Å². The number of hydrogen-bond acceptors (Lipinski definition) is 13. The number of H-pyrrole nitrogens is 1. The number of carboxylic acid groups (broad SMARTS) is 1. The molecule has 0 bridgehead atoms. The second kappa shape index (κ2) is 24.0. The zero-order chi connectivity index (χ0) is 48.7. The number of nitrogens with two attached hydrogens (primary N) is 2. The summed E-state index contributed by atoms with van der Waals surface area (Å²) in [5, 5.41) is 65.3.